The van der Waals surface area contributed by atoms with Crippen molar-refractivity contribution in [1.82, 2.24) is 14.8 Å². The zero-order valence-corrected chi connectivity index (χ0v) is 21.2. The van der Waals surface area contributed by atoms with Gasteiger partial charge in [-0.1, -0.05) is 6.07 Å². The van der Waals surface area contributed by atoms with Crippen LogP contribution in [0.3, 0.4) is 0 Å². The Balaban J connectivity index is 1.81. The average molecular weight is 467 g/mol. The smallest absolute Gasteiger partial charge is 0.181 e. The van der Waals surface area contributed by atoms with Crippen LogP contribution in [0.4, 0.5) is 0 Å². The molecule has 0 unspecified atom stereocenters. The van der Waals surface area contributed by atoms with E-state index in [0.29, 0.717) is 36.6 Å². The summed E-state index contributed by atoms with van der Waals surface area (Å²) in [6.45, 7) is 10.1. The Morgan fingerprint density at radius 3 is 2.41 bits per heavy atom. The zero-order valence-electron chi connectivity index (χ0n) is 21.2. The van der Waals surface area contributed by atoms with Crippen molar-refractivity contribution in [2.45, 2.75) is 71.3 Å². The Kier molecular flexibility index (Phi) is 8.98. The number of ketones is 2. The molecule has 2 aliphatic heterocycles. The number of pyridine rings is 1. The molecule has 7 heteroatoms. The number of allylic oxidation sites excluding steroid dienone is 1. The van der Waals surface area contributed by atoms with Gasteiger partial charge in [-0.15, -0.1) is 0 Å². The fourth-order valence-corrected chi connectivity index (χ4v) is 4.81. The van der Waals surface area contributed by atoms with Crippen molar-refractivity contribution in [3.8, 4) is 6.07 Å². The first-order valence-corrected chi connectivity index (χ1v) is 12.5. The second kappa shape index (κ2) is 11.7. The van der Waals surface area contributed by atoms with Crippen LogP contribution in [-0.2, 0) is 9.53 Å². The van der Waals surface area contributed by atoms with Crippen molar-refractivity contribution in [3.05, 3.63) is 34.7 Å². The van der Waals surface area contributed by atoms with E-state index >= 15 is 0 Å². The number of likely N-dealkylation sites (tertiary alicyclic amines) is 2. The number of aromatic nitrogens is 1. The number of Topliss-reactive ketones (excluding diaryl/α,β-unsaturated/α-hetero) is 2. The van der Waals surface area contributed by atoms with Gasteiger partial charge in [0.1, 0.15) is 17.3 Å². The van der Waals surface area contributed by atoms with Gasteiger partial charge in [-0.3, -0.25) is 9.59 Å². The fourth-order valence-electron chi connectivity index (χ4n) is 4.81. The molecule has 0 amide bonds. The van der Waals surface area contributed by atoms with Crippen LogP contribution in [0.15, 0.2) is 17.7 Å². The summed E-state index contributed by atoms with van der Waals surface area (Å²) in [5, 5.41) is 9.83. The number of nitrogens with zero attached hydrogens (tertiary/aromatic N) is 4. The molecule has 0 radical (unpaired) electrons. The Morgan fingerprint density at radius 1 is 1.15 bits per heavy atom. The van der Waals surface area contributed by atoms with Gasteiger partial charge in [0, 0.05) is 26.6 Å². The van der Waals surface area contributed by atoms with E-state index in [2.05, 4.69) is 22.8 Å². The number of carbonyl (C=O) groups is 2. The van der Waals surface area contributed by atoms with Crippen LogP contribution in [0.5, 0.6) is 0 Å². The Hall–Kier alpha value is -2.56. The normalized spacial score (nSPS) is 19.0. The molecular weight excluding hydrogens is 428 g/mol. The van der Waals surface area contributed by atoms with E-state index in [9.17, 15) is 14.9 Å². The zero-order chi connectivity index (χ0) is 24.7. The van der Waals surface area contributed by atoms with Gasteiger partial charge in [0.05, 0.1) is 17.0 Å². The van der Waals surface area contributed by atoms with Gasteiger partial charge in [-0.25, -0.2) is 4.98 Å². The number of carbonyl (C=O) groups excluding carboxylic acids is 2. The topological polar surface area (TPSA) is 86.5 Å². The maximum atomic E-state index is 12.9. The third-order valence-electron chi connectivity index (χ3n) is 7.26. The average Bonchev–Trinajstić information content (AvgIpc) is 3.35. The van der Waals surface area contributed by atoms with E-state index in [0.717, 1.165) is 37.8 Å². The molecule has 7 nitrogen and oxygen atoms in total. The van der Waals surface area contributed by atoms with Crippen molar-refractivity contribution in [2.75, 3.05) is 39.8 Å². The third-order valence-corrected chi connectivity index (χ3v) is 7.26. The molecule has 0 spiro atoms. The number of piperidine rings is 1. The minimum Gasteiger partial charge on any atom is -0.378 e. The van der Waals surface area contributed by atoms with Gasteiger partial charge >= 0.3 is 0 Å². The lowest BCUT2D eigenvalue weighted by molar-refractivity contribution is -0.113. The largest absolute Gasteiger partial charge is 0.378 e. The number of rotatable bonds is 10. The van der Waals surface area contributed by atoms with E-state index in [-0.39, 0.29) is 22.7 Å². The third kappa shape index (κ3) is 6.31. The predicted molar refractivity (Wildman–Crippen MR) is 132 cm³/mol. The molecule has 3 rings (SSSR count). The molecule has 0 atom stereocenters. The fraction of sp³-hybridized carbons (Fsp3) is 0.630. The standard InChI is InChI=1S/C27H38N4O3/c1-20-10-11-23(24(33)9-5-6-14-30-15-7-8-16-30)29-25(20)26(22(19-28)21(2)32)31-17-12-27(3,34-4)13-18-31/h10-11H,5-9,12-18H2,1-4H3/b26-22+. The van der Waals surface area contributed by atoms with Gasteiger partial charge in [-0.05, 0) is 90.6 Å². The van der Waals surface area contributed by atoms with Crippen LogP contribution in [0.2, 0.25) is 0 Å². The molecule has 2 fully saturated rings. The van der Waals surface area contributed by atoms with E-state index in [1.807, 2.05) is 13.0 Å². The molecule has 184 valence electrons. The summed E-state index contributed by atoms with van der Waals surface area (Å²) in [6, 6.07) is 5.74. The molecule has 1 aromatic heterocycles. The molecule has 0 aromatic carbocycles. The van der Waals surface area contributed by atoms with Crippen LogP contribution in [-0.4, -0.2) is 71.8 Å². The quantitative estimate of drug-likeness (QED) is 0.221. The van der Waals surface area contributed by atoms with Crippen LogP contribution >= 0.6 is 0 Å². The number of aryl methyl sites for hydroxylation is 1. The molecule has 0 aliphatic carbocycles. The maximum Gasteiger partial charge on any atom is 0.181 e. The molecule has 3 heterocycles. The van der Waals surface area contributed by atoms with E-state index in [4.69, 9.17) is 9.72 Å². The highest BCUT2D eigenvalue weighted by atomic mass is 16.5. The number of ether oxygens (including phenoxy) is 1. The first kappa shape index (κ1) is 26.1. The van der Waals surface area contributed by atoms with Gasteiger partial charge in [0.2, 0.25) is 0 Å². The molecule has 1 aromatic rings. The monoisotopic (exact) mass is 466 g/mol. The highest BCUT2D eigenvalue weighted by Gasteiger charge is 2.33. The van der Waals surface area contributed by atoms with Gasteiger partial charge in [0.25, 0.3) is 0 Å². The minimum absolute atomic E-state index is 0.00829. The minimum atomic E-state index is -0.294. The second-order valence-corrected chi connectivity index (χ2v) is 9.82. The van der Waals surface area contributed by atoms with Gasteiger partial charge < -0.3 is 14.5 Å². The van der Waals surface area contributed by atoms with Crippen molar-refractivity contribution >= 4 is 17.3 Å². The maximum absolute atomic E-state index is 12.9. The summed E-state index contributed by atoms with van der Waals surface area (Å²) >= 11 is 0. The van der Waals surface area contributed by atoms with Crippen molar-refractivity contribution in [3.63, 3.8) is 0 Å². The first-order valence-electron chi connectivity index (χ1n) is 12.5. The molecular formula is C27H38N4O3. The molecule has 0 bridgehead atoms. The molecule has 34 heavy (non-hydrogen) atoms. The number of hydrogen-bond acceptors (Lipinski definition) is 7. The molecule has 2 saturated heterocycles. The molecule has 0 saturated carbocycles. The first-order chi connectivity index (χ1) is 16.3. The van der Waals surface area contributed by atoms with Crippen molar-refractivity contribution < 1.29 is 14.3 Å². The van der Waals surface area contributed by atoms with E-state index in [1.165, 1.54) is 32.9 Å². The summed E-state index contributed by atoms with van der Waals surface area (Å²) in [5.41, 5.74) is 2.20. The van der Waals surface area contributed by atoms with E-state index in [1.54, 1.807) is 13.2 Å². The molecule has 0 N–H and O–H groups in total. The summed E-state index contributed by atoms with van der Waals surface area (Å²) in [4.78, 5) is 34.6. The van der Waals surface area contributed by atoms with Crippen LogP contribution in [0, 0.1) is 18.3 Å². The van der Waals surface area contributed by atoms with Crippen LogP contribution < -0.4 is 0 Å². The Labute approximate surface area is 203 Å². The summed E-state index contributed by atoms with van der Waals surface area (Å²) in [5.74, 6) is -0.286. The Bertz CT molecular complexity index is 965. The van der Waals surface area contributed by atoms with Gasteiger partial charge in [-0.2, -0.15) is 5.26 Å². The second-order valence-electron chi connectivity index (χ2n) is 9.82. The predicted octanol–water partition coefficient (Wildman–Crippen LogP) is 4.16. The Morgan fingerprint density at radius 2 is 1.82 bits per heavy atom. The highest BCUT2D eigenvalue weighted by molar-refractivity contribution is 6.04. The number of hydrogen-bond donors (Lipinski definition) is 0. The SMILES string of the molecule is COC1(C)CCN(/C(=C(\C#N)C(C)=O)c2nc(C(=O)CCCCN3CCCC3)ccc2C)CC1. The molecule has 2 aliphatic rings. The van der Waals surface area contributed by atoms with Crippen LogP contribution in [0.1, 0.15) is 80.5 Å². The summed E-state index contributed by atoms with van der Waals surface area (Å²) in [6.07, 6.45) is 6.40. The van der Waals surface area contributed by atoms with Gasteiger partial charge in [0.15, 0.2) is 11.6 Å². The van der Waals surface area contributed by atoms with E-state index < -0.39 is 0 Å². The summed E-state index contributed by atoms with van der Waals surface area (Å²) < 4.78 is 5.66. The number of methoxy groups -OCH3 is 1. The number of unbranched alkanes of at least 4 members (excludes halogenated alkanes) is 1. The van der Waals surface area contributed by atoms with Crippen LogP contribution in [0.25, 0.3) is 5.70 Å². The highest BCUT2D eigenvalue weighted by Crippen LogP contribution is 2.33. The van der Waals surface area contributed by atoms with Crippen molar-refractivity contribution in [1.29, 1.82) is 5.26 Å². The lowest BCUT2D eigenvalue weighted by atomic mass is 9.91. The summed E-state index contributed by atoms with van der Waals surface area (Å²) in [7, 11) is 1.72. The lowest BCUT2D eigenvalue weighted by Crippen LogP contribution is -2.43. The van der Waals surface area contributed by atoms with Crippen molar-refractivity contribution in [2.24, 2.45) is 0 Å². The lowest BCUT2D eigenvalue weighted by Gasteiger charge is -2.40. The number of nitriles is 1.